The maximum atomic E-state index is 14.1. The van der Waals surface area contributed by atoms with Gasteiger partial charge in [0.2, 0.25) is 5.91 Å². The van der Waals surface area contributed by atoms with Crippen LogP contribution in [0.2, 0.25) is 0 Å². The SMILES string of the molecule is CCCCN(C)C(=O)C1CCN(C(=O)c2cc(F)cc3nc(C)c(C)nc23)CC1. The minimum absolute atomic E-state index is 0.0603. The quantitative estimate of drug-likeness (QED) is 0.771. The number of benzene rings is 1. The third kappa shape index (κ3) is 4.54. The molecule has 7 heteroatoms. The summed E-state index contributed by atoms with van der Waals surface area (Å²) in [4.78, 5) is 38.1. The third-order valence-electron chi connectivity index (χ3n) is 5.73. The van der Waals surface area contributed by atoms with Crippen molar-refractivity contribution in [3.8, 4) is 0 Å². The number of rotatable bonds is 5. The zero-order chi connectivity index (χ0) is 21.1. The fraction of sp³-hybridized carbons (Fsp3) is 0.545. The van der Waals surface area contributed by atoms with Gasteiger partial charge in [-0.05, 0) is 39.2 Å². The first-order valence-corrected chi connectivity index (χ1v) is 10.3. The van der Waals surface area contributed by atoms with Crippen molar-refractivity contribution >= 4 is 22.8 Å². The molecule has 0 unspecified atom stereocenters. The molecule has 1 saturated heterocycles. The van der Waals surface area contributed by atoms with Crippen LogP contribution in [0.4, 0.5) is 4.39 Å². The normalized spacial score (nSPS) is 15.0. The second-order valence-electron chi connectivity index (χ2n) is 7.90. The van der Waals surface area contributed by atoms with E-state index in [4.69, 9.17) is 0 Å². The first kappa shape index (κ1) is 21.1. The fourth-order valence-electron chi connectivity index (χ4n) is 3.78. The lowest BCUT2D eigenvalue weighted by Gasteiger charge is -2.33. The molecule has 0 aliphatic carbocycles. The van der Waals surface area contributed by atoms with E-state index in [9.17, 15) is 14.0 Å². The molecule has 0 saturated carbocycles. The maximum Gasteiger partial charge on any atom is 0.256 e. The van der Waals surface area contributed by atoms with Gasteiger partial charge in [-0.15, -0.1) is 0 Å². The van der Waals surface area contributed by atoms with E-state index in [0.29, 0.717) is 42.7 Å². The molecule has 0 radical (unpaired) electrons. The van der Waals surface area contributed by atoms with Crippen LogP contribution in [0.1, 0.15) is 54.4 Å². The van der Waals surface area contributed by atoms with Crippen molar-refractivity contribution < 1.29 is 14.0 Å². The zero-order valence-electron chi connectivity index (χ0n) is 17.7. The number of carbonyl (C=O) groups is 2. The fourth-order valence-corrected chi connectivity index (χ4v) is 3.78. The molecule has 29 heavy (non-hydrogen) atoms. The predicted molar refractivity (Wildman–Crippen MR) is 110 cm³/mol. The minimum atomic E-state index is -0.499. The molecule has 0 bridgehead atoms. The summed E-state index contributed by atoms with van der Waals surface area (Å²) >= 11 is 0. The number of carbonyl (C=O) groups excluding carboxylic acids is 2. The van der Waals surface area contributed by atoms with Crippen LogP contribution in [0, 0.1) is 25.6 Å². The van der Waals surface area contributed by atoms with Crippen molar-refractivity contribution in [1.82, 2.24) is 19.8 Å². The van der Waals surface area contributed by atoms with Crippen molar-refractivity contribution in [3.63, 3.8) is 0 Å². The highest BCUT2D eigenvalue weighted by Gasteiger charge is 2.30. The van der Waals surface area contributed by atoms with Gasteiger partial charge >= 0.3 is 0 Å². The smallest absolute Gasteiger partial charge is 0.256 e. The molecule has 6 nitrogen and oxygen atoms in total. The van der Waals surface area contributed by atoms with E-state index in [1.54, 1.807) is 9.80 Å². The van der Waals surface area contributed by atoms with Gasteiger partial charge in [0.25, 0.3) is 5.91 Å². The molecule has 1 aromatic carbocycles. The van der Waals surface area contributed by atoms with Crippen molar-refractivity contribution in [2.24, 2.45) is 5.92 Å². The van der Waals surface area contributed by atoms with E-state index >= 15 is 0 Å². The molecule has 2 aromatic rings. The van der Waals surface area contributed by atoms with Gasteiger partial charge in [-0.3, -0.25) is 9.59 Å². The Morgan fingerprint density at radius 1 is 1.17 bits per heavy atom. The van der Waals surface area contributed by atoms with E-state index in [-0.39, 0.29) is 23.3 Å². The summed E-state index contributed by atoms with van der Waals surface area (Å²) in [5.74, 6) is -0.660. The minimum Gasteiger partial charge on any atom is -0.346 e. The number of aromatic nitrogens is 2. The predicted octanol–water partition coefficient (Wildman–Crippen LogP) is 3.50. The zero-order valence-corrected chi connectivity index (χ0v) is 17.7. The number of fused-ring (bicyclic) bond motifs is 1. The van der Waals surface area contributed by atoms with Crippen LogP contribution in [0.15, 0.2) is 12.1 Å². The number of hydrogen-bond acceptors (Lipinski definition) is 4. The molecule has 0 spiro atoms. The van der Waals surface area contributed by atoms with Gasteiger partial charge < -0.3 is 9.80 Å². The molecular formula is C22H29FN4O2. The summed E-state index contributed by atoms with van der Waals surface area (Å²) in [5.41, 5.74) is 2.49. The Labute approximate surface area is 171 Å². The van der Waals surface area contributed by atoms with Crippen LogP contribution in [-0.4, -0.2) is 58.3 Å². The number of hydrogen-bond donors (Lipinski definition) is 0. The molecule has 2 heterocycles. The topological polar surface area (TPSA) is 66.4 Å². The largest absolute Gasteiger partial charge is 0.346 e. The van der Waals surface area contributed by atoms with Gasteiger partial charge in [-0.25, -0.2) is 14.4 Å². The Balaban J connectivity index is 1.74. The van der Waals surface area contributed by atoms with Gasteiger partial charge in [0.1, 0.15) is 11.3 Å². The number of nitrogens with zero attached hydrogens (tertiary/aromatic N) is 4. The Morgan fingerprint density at radius 3 is 2.48 bits per heavy atom. The van der Waals surface area contributed by atoms with E-state index < -0.39 is 5.82 Å². The van der Waals surface area contributed by atoms with Crippen LogP contribution in [0.25, 0.3) is 11.0 Å². The van der Waals surface area contributed by atoms with Crippen LogP contribution >= 0.6 is 0 Å². The summed E-state index contributed by atoms with van der Waals surface area (Å²) in [5, 5.41) is 0. The molecule has 0 N–H and O–H groups in total. The van der Waals surface area contributed by atoms with Gasteiger partial charge in [-0.1, -0.05) is 13.3 Å². The average Bonchev–Trinajstić information content (AvgIpc) is 2.71. The lowest BCUT2D eigenvalue weighted by atomic mass is 9.94. The number of aryl methyl sites for hydroxylation is 2. The molecule has 2 amide bonds. The summed E-state index contributed by atoms with van der Waals surface area (Å²) < 4.78 is 14.1. The van der Waals surface area contributed by atoms with Crippen molar-refractivity contribution in [2.75, 3.05) is 26.7 Å². The second kappa shape index (κ2) is 8.84. The lowest BCUT2D eigenvalue weighted by Crippen LogP contribution is -2.43. The van der Waals surface area contributed by atoms with Gasteiger partial charge in [-0.2, -0.15) is 0 Å². The standard InChI is InChI=1S/C22H29FN4O2/c1-5-6-9-26(4)21(28)16-7-10-27(11-8-16)22(29)18-12-17(23)13-19-20(18)25-15(3)14(2)24-19/h12-13,16H,5-11H2,1-4H3. The van der Waals surface area contributed by atoms with Crippen LogP contribution in [0.3, 0.4) is 0 Å². The number of likely N-dealkylation sites (tertiary alicyclic amines) is 1. The summed E-state index contributed by atoms with van der Waals surface area (Å²) in [7, 11) is 1.84. The molecular weight excluding hydrogens is 371 g/mol. The molecule has 1 fully saturated rings. The highest BCUT2D eigenvalue weighted by molar-refractivity contribution is 6.04. The summed E-state index contributed by atoms with van der Waals surface area (Å²) in [6, 6.07) is 2.55. The third-order valence-corrected chi connectivity index (χ3v) is 5.73. The molecule has 1 aromatic heterocycles. The van der Waals surface area contributed by atoms with E-state index in [1.165, 1.54) is 12.1 Å². The Hall–Kier alpha value is -2.57. The number of piperidine rings is 1. The molecule has 1 aliphatic heterocycles. The van der Waals surface area contributed by atoms with Crippen molar-refractivity contribution in [2.45, 2.75) is 46.5 Å². The molecule has 1 aliphatic rings. The second-order valence-corrected chi connectivity index (χ2v) is 7.90. The van der Waals surface area contributed by atoms with E-state index in [1.807, 2.05) is 20.9 Å². The van der Waals surface area contributed by atoms with Gasteiger partial charge in [0.15, 0.2) is 0 Å². The highest BCUT2D eigenvalue weighted by Crippen LogP contribution is 2.25. The van der Waals surface area contributed by atoms with E-state index in [0.717, 1.165) is 25.1 Å². The molecule has 156 valence electrons. The summed E-state index contributed by atoms with van der Waals surface area (Å²) in [6.45, 7) is 7.46. The summed E-state index contributed by atoms with van der Waals surface area (Å²) in [6.07, 6.45) is 3.29. The Bertz CT molecular complexity index is 923. The van der Waals surface area contributed by atoms with Crippen LogP contribution < -0.4 is 0 Å². The number of amides is 2. The van der Waals surface area contributed by atoms with Crippen LogP contribution in [0.5, 0.6) is 0 Å². The van der Waals surface area contributed by atoms with Crippen LogP contribution in [-0.2, 0) is 4.79 Å². The maximum absolute atomic E-state index is 14.1. The van der Waals surface area contributed by atoms with Crippen molar-refractivity contribution in [3.05, 3.63) is 34.9 Å². The lowest BCUT2D eigenvalue weighted by molar-refractivity contribution is -0.135. The van der Waals surface area contributed by atoms with Crippen molar-refractivity contribution in [1.29, 1.82) is 0 Å². The first-order valence-electron chi connectivity index (χ1n) is 10.3. The Kier molecular flexibility index (Phi) is 6.45. The average molecular weight is 400 g/mol. The first-order chi connectivity index (χ1) is 13.8. The van der Waals surface area contributed by atoms with E-state index in [2.05, 4.69) is 16.9 Å². The van der Waals surface area contributed by atoms with Gasteiger partial charge in [0, 0.05) is 38.7 Å². The monoisotopic (exact) mass is 400 g/mol. The Morgan fingerprint density at radius 2 is 1.83 bits per heavy atom. The van der Waals surface area contributed by atoms with Gasteiger partial charge in [0.05, 0.1) is 22.5 Å². The molecule has 3 rings (SSSR count). The molecule has 0 atom stereocenters. The number of unbranched alkanes of at least 4 members (excludes halogenated alkanes) is 1. The number of halogens is 1. The highest BCUT2D eigenvalue weighted by atomic mass is 19.1.